The number of benzene rings is 1. The van der Waals surface area contributed by atoms with Crippen LogP contribution in [-0.2, 0) is 11.0 Å². The zero-order valence-electron chi connectivity index (χ0n) is 15.3. The number of ether oxygens (including phenoxy) is 1. The van der Waals surface area contributed by atoms with E-state index < -0.39 is 40.9 Å². The van der Waals surface area contributed by atoms with Crippen molar-refractivity contribution in [2.45, 2.75) is 44.5 Å². The van der Waals surface area contributed by atoms with Crippen molar-refractivity contribution < 1.29 is 32.9 Å². The van der Waals surface area contributed by atoms with Crippen LogP contribution in [0, 0.1) is 0 Å². The van der Waals surface area contributed by atoms with Gasteiger partial charge in [-0.05, 0) is 38.8 Å². The number of alkyl halides is 3. The van der Waals surface area contributed by atoms with E-state index in [0.29, 0.717) is 12.1 Å². The van der Waals surface area contributed by atoms with Crippen LogP contribution in [0.1, 0.15) is 37.8 Å². The first-order valence-electron chi connectivity index (χ1n) is 8.71. The second-order valence-corrected chi connectivity index (χ2v) is 7.11. The molecule has 28 heavy (non-hydrogen) atoms. The van der Waals surface area contributed by atoms with Gasteiger partial charge in [-0.25, -0.2) is 4.79 Å². The van der Waals surface area contributed by atoms with Crippen LogP contribution in [0.25, 0.3) is 5.57 Å². The number of rotatable bonds is 4. The molecule has 0 bridgehead atoms. The van der Waals surface area contributed by atoms with E-state index in [2.05, 4.69) is 5.32 Å². The first-order valence-corrected chi connectivity index (χ1v) is 8.71. The Kier molecular flexibility index (Phi) is 4.91. The first-order chi connectivity index (χ1) is 13.0. The number of hydrogen-bond acceptors (Lipinski definition) is 4. The van der Waals surface area contributed by atoms with Crippen molar-refractivity contribution in [3.05, 3.63) is 59.0 Å². The molecule has 1 heterocycles. The third-order valence-corrected chi connectivity index (χ3v) is 4.63. The summed E-state index contributed by atoms with van der Waals surface area (Å²) in [5.74, 6) is -2.25. The van der Waals surface area contributed by atoms with Gasteiger partial charge in [0.15, 0.2) is 11.6 Å². The second kappa shape index (κ2) is 6.92. The number of carbonyl (C=O) groups is 1. The highest BCUT2D eigenvalue weighted by Gasteiger charge is 2.45. The Hall–Kier alpha value is -2.90. The zero-order valence-corrected chi connectivity index (χ0v) is 15.3. The van der Waals surface area contributed by atoms with Crippen molar-refractivity contribution >= 4 is 11.5 Å². The van der Waals surface area contributed by atoms with Gasteiger partial charge in [0.2, 0.25) is 0 Å². The maximum absolute atomic E-state index is 13.5. The molecular formula is C20H20F3NO4. The van der Waals surface area contributed by atoms with Gasteiger partial charge in [0.1, 0.15) is 11.5 Å². The van der Waals surface area contributed by atoms with Crippen molar-refractivity contribution in [2.24, 2.45) is 0 Å². The molecule has 1 aromatic carbocycles. The lowest BCUT2D eigenvalue weighted by Gasteiger charge is -2.37. The number of hydrogen-bond donors (Lipinski definition) is 3. The van der Waals surface area contributed by atoms with E-state index in [-0.39, 0.29) is 11.1 Å². The van der Waals surface area contributed by atoms with Gasteiger partial charge in [-0.2, -0.15) is 13.2 Å². The highest BCUT2D eigenvalue weighted by Crippen LogP contribution is 2.47. The zero-order chi connectivity index (χ0) is 20.7. The molecule has 3 N–H and O–H groups in total. The molecule has 0 fully saturated rings. The van der Waals surface area contributed by atoms with Gasteiger partial charge in [0.25, 0.3) is 0 Å². The highest BCUT2D eigenvalue weighted by atomic mass is 19.4. The molecule has 8 heteroatoms. The molecule has 150 valence electrons. The van der Waals surface area contributed by atoms with Crippen LogP contribution in [0.5, 0.6) is 5.75 Å². The van der Waals surface area contributed by atoms with Gasteiger partial charge in [0.05, 0.1) is 5.56 Å². The molecule has 0 saturated carbocycles. The lowest BCUT2D eigenvalue weighted by molar-refractivity contribution is -0.139. The molecule has 3 rings (SSSR count). The Morgan fingerprint density at radius 1 is 1.29 bits per heavy atom. The molecule has 0 radical (unpaired) electrons. The van der Waals surface area contributed by atoms with Gasteiger partial charge >= 0.3 is 12.1 Å². The van der Waals surface area contributed by atoms with Crippen LogP contribution in [0.15, 0.2) is 47.9 Å². The SMILES string of the molecule is CC1(C)Oc2c(cccc2C(F)(F)F)C(C(NC2=CCCC=C2)C(=O)O)=C1O. The molecule has 0 saturated heterocycles. The van der Waals surface area contributed by atoms with E-state index in [1.807, 2.05) is 6.08 Å². The summed E-state index contributed by atoms with van der Waals surface area (Å²) in [6.07, 6.45) is 2.19. The number of aliphatic hydroxyl groups excluding tert-OH is 1. The Bertz CT molecular complexity index is 897. The monoisotopic (exact) mass is 395 g/mol. The number of carboxylic acids is 1. The Morgan fingerprint density at radius 3 is 2.57 bits per heavy atom. The maximum atomic E-state index is 13.5. The van der Waals surface area contributed by atoms with Crippen molar-refractivity contribution in [3.8, 4) is 5.75 Å². The largest absolute Gasteiger partial charge is 0.508 e. The van der Waals surface area contributed by atoms with E-state index in [1.54, 1.807) is 12.2 Å². The number of carboxylic acid groups (broad SMARTS) is 1. The van der Waals surface area contributed by atoms with Gasteiger partial charge in [-0.1, -0.05) is 24.3 Å². The molecule has 2 aliphatic rings. The molecule has 1 aliphatic heterocycles. The summed E-state index contributed by atoms with van der Waals surface area (Å²) < 4.78 is 45.9. The lowest BCUT2D eigenvalue weighted by Crippen LogP contribution is -2.43. The predicted octanol–water partition coefficient (Wildman–Crippen LogP) is 4.42. The van der Waals surface area contributed by atoms with Crippen LogP contribution < -0.4 is 10.1 Å². The molecule has 0 spiro atoms. The molecular weight excluding hydrogens is 375 g/mol. The molecule has 0 amide bonds. The summed E-state index contributed by atoms with van der Waals surface area (Å²) in [5, 5.41) is 23.3. The Morgan fingerprint density at radius 2 is 2.00 bits per heavy atom. The van der Waals surface area contributed by atoms with Crippen LogP contribution >= 0.6 is 0 Å². The van der Waals surface area contributed by atoms with Crippen molar-refractivity contribution in [1.29, 1.82) is 0 Å². The standard InChI is InChI=1S/C20H20F3NO4/c1-19(2)17(25)14(15(18(26)27)24-11-7-4-3-5-8-11)12-9-6-10-13(16(12)28-19)20(21,22)23/h4,6-10,15,24-25H,3,5H2,1-2H3,(H,26,27). The lowest BCUT2D eigenvalue weighted by atomic mass is 9.86. The number of fused-ring (bicyclic) bond motifs is 1. The predicted molar refractivity (Wildman–Crippen MR) is 96.7 cm³/mol. The number of aliphatic hydroxyl groups is 1. The fourth-order valence-electron chi connectivity index (χ4n) is 3.27. The van der Waals surface area contributed by atoms with Crippen molar-refractivity contribution in [2.75, 3.05) is 0 Å². The minimum atomic E-state index is -4.69. The van der Waals surface area contributed by atoms with Gasteiger partial charge in [0, 0.05) is 16.8 Å². The van der Waals surface area contributed by atoms with Crippen LogP contribution in [0.4, 0.5) is 13.2 Å². The Labute approximate surface area is 159 Å². The van der Waals surface area contributed by atoms with Crippen LogP contribution in [0.3, 0.4) is 0 Å². The number of para-hydroxylation sites is 1. The molecule has 5 nitrogen and oxygen atoms in total. The summed E-state index contributed by atoms with van der Waals surface area (Å²) in [4.78, 5) is 12.0. The maximum Gasteiger partial charge on any atom is 0.419 e. The average molecular weight is 395 g/mol. The number of halogens is 3. The highest BCUT2D eigenvalue weighted by molar-refractivity contribution is 5.95. The van der Waals surface area contributed by atoms with Gasteiger partial charge in [-0.3, -0.25) is 0 Å². The van der Waals surface area contributed by atoms with Crippen molar-refractivity contribution in [3.63, 3.8) is 0 Å². The van der Waals surface area contributed by atoms with E-state index in [1.165, 1.54) is 19.9 Å². The minimum absolute atomic E-state index is 0.105. The van der Waals surface area contributed by atoms with E-state index in [4.69, 9.17) is 4.74 Å². The molecule has 1 atom stereocenters. The van der Waals surface area contributed by atoms with Crippen molar-refractivity contribution in [1.82, 2.24) is 5.32 Å². The fourth-order valence-corrected chi connectivity index (χ4v) is 3.27. The molecule has 1 unspecified atom stereocenters. The fraction of sp³-hybridized carbons (Fsp3) is 0.350. The average Bonchev–Trinajstić information content (AvgIpc) is 2.60. The third-order valence-electron chi connectivity index (χ3n) is 4.63. The second-order valence-electron chi connectivity index (χ2n) is 7.11. The van der Waals surface area contributed by atoms with E-state index >= 15 is 0 Å². The minimum Gasteiger partial charge on any atom is -0.508 e. The summed E-state index contributed by atoms with van der Waals surface area (Å²) in [5.41, 5.74) is -2.28. The summed E-state index contributed by atoms with van der Waals surface area (Å²) in [6, 6.07) is 1.88. The first kappa shape index (κ1) is 19.9. The van der Waals surface area contributed by atoms with E-state index in [9.17, 15) is 28.2 Å². The summed E-state index contributed by atoms with van der Waals surface area (Å²) in [7, 11) is 0. The molecule has 0 aromatic heterocycles. The molecule has 1 aliphatic carbocycles. The van der Waals surface area contributed by atoms with Crippen LogP contribution in [0.2, 0.25) is 0 Å². The smallest absolute Gasteiger partial charge is 0.419 e. The van der Waals surface area contributed by atoms with E-state index in [0.717, 1.165) is 18.6 Å². The Balaban J connectivity index is 2.18. The quantitative estimate of drug-likeness (QED) is 0.703. The normalized spacial score (nSPS) is 19.4. The topological polar surface area (TPSA) is 78.8 Å². The molecule has 1 aromatic rings. The summed E-state index contributed by atoms with van der Waals surface area (Å²) in [6.45, 7) is 2.77. The number of nitrogens with one attached hydrogen (secondary N) is 1. The summed E-state index contributed by atoms with van der Waals surface area (Å²) >= 11 is 0. The third kappa shape index (κ3) is 3.58. The number of allylic oxidation sites excluding steroid dienone is 3. The van der Waals surface area contributed by atoms with Crippen LogP contribution in [-0.4, -0.2) is 27.8 Å². The van der Waals surface area contributed by atoms with Gasteiger partial charge < -0.3 is 20.3 Å². The van der Waals surface area contributed by atoms with Gasteiger partial charge in [-0.15, -0.1) is 0 Å². The number of aliphatic carboxylic acids is 1.